The normalized spacial score (nSPS) is 21.2. The number of nitrogens with one attached hydrogen (secondary N) is 3. The molecule has 2 aliphatic rings. The number of rotatable bonds is 8. The van der Waals surface area contributed by atoms with Crippen LogP contribution in [0.4, 0.5) is 15.8 Å². The second-order valence-corrected chi connectivity index (χ2v) is 11.1. The zero-order valence-corrected chi connectivity index (χ0v) is 19.0. The second kappa shape index (κ2) is 8.74. The van der Waals surface area contributed by atoms with Crippen molar-refractivity contribution in [2.75, 3.05) is 17.2 Å². The van der Waals surface area contributed by atoms with Crippen LogP contribution in [-0.4, -0.2) is 44.6 Å². The van der Waals surface area contributed by atoms with Gasteiger partial charge in [0.1, 0.15) is 0 Å². The molecule has 1 atom stereocenters. The molecule has 10 nitrogen and oxygen atoms in total. The molecule has 0 amide bonds. The van der Waals surface area contributed by atoms with Gasteiger partial charge in [0.25, 0.3) is 0 Å². The van der Waals surface area contributed by atoms with Gasteiger partial charge in [-0.25, -0.2) is 27.7 Å². The highest BCUT2D eigenvalue weighted by molar-refractivity contribution is 7.90. The molecule has 0 bridgehead atoms. The van der Waals surface area contributed by atoms with Crippen molar-refractivity contribution in [2.24, 2.45) is 10.1 Å². The molecule has 0 saturated heterocycles. The number of para-hydroxylation sites is 2. The maximum absolute atomic E-state index is 15.5. The third-order valence-electron chi connectivity index (χ3n) is 5.14. The number of benzene rings is 2. The first kappa shape index (κ1) is 23.2. The molecular formula is C20H23FN6O4S2. The largest absolute Gasteiger partial charge is 0.355 e. The Hall–Kier alpha value is -3.00. The van der Waals surface area contributed by atoms with E-state index in [4.69, 9.17) is 5.14 Å². The van der Waals surface area contributed by atoms with Gasteiger partial charge in [0.15, 0.2) is 11.5 Å². The minimum absolute atomic E-state index is 0.306. The lowest BCUT2D eigenvalue weighted by Crippen LogP contribution is -2.68. The van der Waals surface area contributed by atoms with Gasteiger partial charge in [0, 0.05) is 11.4 Å². The molecule has 4 rings (SSSR count). The van der Waals surface area contributed by atoms with E-state index in [1.807, 2.05) is 0 Å². The van der Waals surface area contributed by atoms with Crippen molar-refractivity contribution in [1.82, 2.24) is 9.03 Å². The minimum atomic E-state index is -4.67. The van der Waals surface area contributed by atoms with Crippen LogP contribution in [0.1, 0.15) is 12.8 Å². The molecule has 33 heavy (non-hydrogen) atoms. The Morgan fingerprint density at radius 3 is 2.12 bits per heavy atom. The van der Waals surface area contributed by atoms with Crippen LogP contribution < -0.4 is 20.5 Å². The van der Waals surface area contributed by atoms with Crippen LogP contribution >= 0.6 is 0 Å². The monoisotopic (exact) mass is 494 g/mol. The standard InChI is InChI=1S/C20H23FN6O4S2/c21-18-13-23-19(25-15-7-3-1-4-8-15)27(33(22,30)31)20(18,26-16-9-5-2-6-10-16)14-24-32(28,29)17-11-12-17/h1-10,13,17,24,26H,11-12,14H2,(H,23,25)(H2,22,30,31). The van der Waals surface area contributed by atoms with E-state index >= 15 is 4.39 Å². The first-order chi connectivity index (χ1) is 15.6. The summed E-state index contributed by atoms with van der Waals surface area (Å²) in [6, 6.07) is 16.7. The molecule has 176 valence electrons. The van der Waals surface area contributed by atoms with Crippen LogP contribution in [0.2, 0.25) is 0 Å². The van der Waals surface area contributed by atoms with Gasteiger partial charge < -0.3 is 10.6 Å². The number of nitrogens with zero attached hydrogens (tertiary/aromatic N) is 2. The quantitative estimate of drug-likeness (QED) is 0.439. The zero-order valence-electron chi connectivity index (χ0n) is 17.3. The smallest absolute Gasteiger partial charge is 0.303 e. The van der Waals surface area contributed by atoms with Crippen LogP contribution in [-0.2, 0) is 20.2 Å². The molecule has 1 fully saturated rings. The van der Waals surface area contributed by atoms with Gasteiger partial charge in [-0.05, 0) is 37.1 Å². The zero-order chi connectivity index (χ0) is 23.7. The summed E-state index contributed by atoms with van der Waals surface area (Å²) in [7, 11) is -8.46. The number of aliphatic imine (C=N–C) groups is 1. The van der Waals surface area contributed by atoms with E-state index in [9.17, 15) is 16.8 Å². The van der Waals surface area contributed by atoms with E-state index in [0.717, 1.165) is 6.20 Å². The molecule has 1 saturated carbocycles. The third-order valence-corrected chi connectivity index (χ3v) is 8.03. The minimum Gasteiger partial charge on any atom is -0.355 e. The fourth-order valence-corrected chi connectivity index (χ4v) is 5.77. The molecular weight excluding hydrogens is 471 g/mol. The summed E-state index contributed by atoms with van der Waals surface area (Å²) in [6.45, 7) is -0.672. The molecule has 0 radical (unpaired) electrons. The summed E-state index contributed by atoms with van der Waals surface area (Å²) < 4.78 is 69.1. The number of halogens is 1. The lowest BCUT2D eigenvalue weighted by atomic mass is 10.1. The molecule has 1 heterocycles. The van der Waals surface area contributed by atoms with Crippen molar-refractivity contribution >= 4 is 37.6 Å². The van der Waals surface area contributed by atoms with E-state index in [1.54, 1.807) is 60.7 Å². The lowest BCUT2D eigenvalue weighted by Gasteiger charge is -2.44. The number of hydrogen-bond donors (Lipinski definition) is 4. The van der Waals surface area contributed by atoms with Crippen LogP contribution in [0.3, 0.4) is 0 Å². The maximum Gasteiger partial charge on any atom is 0.303 e. The summed E-state index contributed by atoms with van der Waals surface area (Å²) in [5, 5.41) is 10.6. The lowest BCUT2D eigenvalue weighted by molar-refractivity contribution is 0.288. The maximum atomic E-state index is 15.5. The molecule has 1 unspecified atom stereocenters. The summed E-state index contributed by atoms with van der Waals surface area (Å²) in [5.74, 6) is -1.35. The predicted octanol–water partition coefficient (Wildman–Crippen LogP) is 1.67. The van der Waals surface area contributed by atoms with Gasteiger partial charge >= 0.3 is 10.2 Å². The van der Waals surface area contributed by atoms with E-state index in [2.05, 4.69) is 20.3 Å². The van der Waals surface area contributed by atoms with Gasteiger partial charge in [-0.3, -0.25) is 0 Å². The van der Waals surface area contributed by atoms with Crippen molar-refractivity contribution in [1.29, 1.82) is 0 Å². The molecule has 0 aromatic heterocycles. The molecule has 0 spiro atoms. The topological polar surface area (TPSA) is 146 Å². The van der Waals surface area contributed by atoms with Gasteiger partial charge in [-0.2, -0.15) is 12.7 Å². The number of sulfonamides is 1. The number of guanidine groups is 1. The van der Waals surface area contributed by atoms with E-state index in [1.165, 1.54) is 0 Å². The van der Waals surface area contributed by atoms with Crippen LogP contribution in [0.25, 0.3) is 0 Å². The first-order valence-electron chi connectivity index (χ1n) is 10.0. The van der Waals surface area contributed by atoms with Crippen LogP contribution in [0.5, 0.6) is 0 Å². The van der Waals surface area contributed by atoms with E-state index in [-0.39, 0.29) is 5.96 Å². The van der Waals surface area contributed by atoms with Crippen molar-refractivity contribution in [3.63, 3.8) is 0 Å². The van der Waals surface area contributed by atoms with Gasteiger partial charge in [0.05, 0.1) is 18.0 Å². The Balaban J connectivity index is 1.80. The average Bonchev–Trinajstić information content (AvgIpc) is 3.62. The summed E-state index contributed by atoms with van der Waals surface area (Å²) in [4.78, 5) is 3.90. The Morgan fingerprint density at radius 1 is 1.00 bits per heavy atom. The molecule has 2 aromatic rings. The molecule has 2 aromatic carbocycles. The van der Waals surface area contributed by atoms with Crippen molar-refractivity contribution in [3.05, 3.63) is 72.7 Å². The Kier molecular flexibility index (Phi) is 6.14. The highest BCUT2D eigenvalue weighted by Gasteiger charge is 2.52. The van der Waals surface area contributed by atoms with Crippen molar-refractivity contribution < 1.29 is 21.2 Å². The highest BCUT2D eigenvalue weighted by atomic mass is 32.2. The number of anilines is 2. The highest BCUT2D eigenvalue weighted by Crippen LogP contribution is 2.34. The first-order valence-corrected chi connectivity index (χ1v) is 13.1. The summed E-state index contributed by atoms with van der Waals surface area (Å²) in [5.41, 5.74) is -1.45. The van der Waals surface area contributed by atoms with Crippen LogP contribution in [0, 0.1) is 0 Å². The molecule has 13 heteroatoms. The summed E-state index contributed by atoms with van der Waals surface area (Å²) >= 11 is 0. The molecule has 5 N–H and O–H groups in total. The molecule has 1 aliphatic heterocycles. The van der Waals surface area contributed by atoms with Gasteiger partial charge in [-0.1, -0.05) is 36.4 Å². The predicted molar refractivity (Wildman–Crippen MR) is 124 cm³/mol. The fourth-order valence-electron chi connectivity index (χ4n) is 3.40. The number of hydrogen-bond acceptors (Lipinski definition) is 7. The van der Waals surface area contributed by atoms with Crippen molar-refractivity contribution in [3.8, 4) is 0 Å². The Labute approximate surface area is 191 Å². The number of nitrogens with two attached hydrogens (primary N) is 1. The van der Waals surface area contributed by atoms with Crippen LogP contribution in [0.15, 0.2) is 77.7 Å². The van der Waals surface area contributed by atoms with E-state index in [0.29, 0.717) is 28.5 Å². The Bertz CT molecular complexity index is 1280. The average molecular weight is 495 g/mol. The molecule has 1 aliphatic carbocycles. The van der Waals surface area contributed by atoms with Gasteiger partial charge in [0.2, 0.25) is 16.0 Å². The van der Waals surface area contributed by atoms with Gasteiger partial charge in [-0.15, -0.1) is 0 Å². The summed E-state index contributed by atoms with van der Waals surface area (Å²) in [6.07, 6.45) is 1.79. The SMILES string of the molecule is NS(=O)(=O)N1C(Nc2ccccc2)=NC=C(F)C1(CNS(=O)(=O)C1CC1)Nc1ccccc1. The Morgan fingerprint density at radius 2 is 1.58 bits per heavy atom. The van der Waals surface area contributed by atoms with Crippen molar-refractivity contribution in [2.45, 2.75) is 23.8 Å². The third kappa shape index (κ3) is 5.00. The van der Waals surface area contributed by atoms with E-state index < -0.39 is 43.5 Å². The fraction of sp³-hybridized carbons (Fsp3) is 0.250. The second-order valence-electron chi connectivity index (χ2n) is 7.65.